The molecule has 1 atom stereocenters. The van der Waals surface area contributed by atoms with Crippen molar-refractivity contribution in [2.45, 2.75) is 13.0 Å². The number of hydrogen-bond acceptors (Lipinski definition) is 7. The van der Waals surface area contributed by atoms with Crippen LogP contribution in [0.1, 0.15) is 18.5 Å². The lowest BCUT2D eigenvalue weighted by atomic mass is 9.94. The highest BCUT2D eigenvalue weighted by atomic mass is 32.1. The minimum Gasteiger partial charge on any atom is -0.493 e. The van der Waals surface area contributed by atoms with Gasteiger partial charge in [0.25, 0.3) is 0 Å². The third-order valence-electron chi connectivity index (χ3n) is 4.06. The van der Waals surface area contributed by atoms with Gasteiger partial charge in [-0.1, -0.05) is 0 Å². The summed E-state index contributed by atoms with van der Waals surface area (Å²) in [5.74, 6) is 0.899. The first-order valence-electron chi connectivity index (χ1n) is 8.21. The van der Waals surface area contributed by atoms with Crippen LogP contribution in [0.15, 0.2) is 23.4 Å². The van der Waals surface area contributed by atoms with E-state index in [1.807, 2.05) is 0 Å². The Kier molecular flexibility index (Phi) is 7.26. The van der Waals surface area contributed by atoms with Gasteiger partial charge in [-0.2, -0.15) is 0 Å². The molecule has 8 nitrogen and oxygen atoms in total. The van der Waals surface area contributed by atoms with Gasteiger partial charge in [0.2, 0.25) is 5.75 Å². The first kappa shape index (κ1) is 20.8. The van der Waals surface area contributed by atoms with Crippen molar-refractivity contribution in [3.05, 3.63) is 29.0 Å². The van der Waals surface area contributed by atoms with Gasteiger partial charge in [-0.15, -0.1) is 0 Å². The van der Waals surface area contributed by atoms with E-state index in [-0.39, 0.29) is 6.61 Å². The Bertz CT molecular complexity index is 750. The quantitative estimate of drug-likeness (QED) is 0.387. The lowest BCUT2D eigenvalue weighted by molar-refractivity contribution is -0.140. The van der Waals surface area contributed by atoms with E-state index in [1.165, 1.54) is 28.4 Å². The molecule has 0 fully saturated rings. The number of allylic oxidation sites excluding steroid dienone is 1. The van der Waals surface area contributed by atoms with Crippen LogP contribution < -0.4 is 24.8 Å². The van der Waals surface area contributed by atoms with E-state index in [2.05, 4.69) is 10.6 Å². The van der Waals surface area contributed by atoms with Crippen LogP contribution >= 0.6 is 12.2 Å². The van der Waals surface area contributed by atoms with E-state index >= 15 is 0 Å². The van der Waals surface area contributed by atoms with E-state index in [1.54, 1.807) is 19.1 Å². The number of benzene rings is 1. The summed E-state index contributed by atoms with van der Waals surface area (Å²) in [7, 11) is 6.12. The summed E-state index contributed by atoms with van der Waals surface area (Å²) in [6.07, 6.45) is 0. The monoisotopic (exact) mass is 396 g/mol. The molecule has 1 aliphatic rings. The molecule has 2 N–H and O–H groups in total. The Morgan fingerprint density at radius 2 is 1.78 bits per heavy atom. The molecule has 1 aliphatic heterocycles. The molecule has 148 valence electrons. The Balaban J connectivity index is 2.51. The van der Waals surface area contributed by atoms with E-state index in [0.29, 0.717) is 45.8 Å². The maximum Gasteiger partial charge on any atom is 0.338 e. The molecular formula is C18H24N2O6S. The number of nitrogens with one attached hydrogen (secondary N) is 2. The minimum atomic E-state index is -0.580. The van der Waals surface area contributed by atoms with Crippen molar-refractivity contribution >= 4 is 23.3 Å². The van der Waals surface area contributed by atoms with Crippen molar-refractivity contribution in [3.8, 4) is 17.2 Å². The van der Waals surface area contributed by atoms with Gasteiger partial charge in [-0.25, -0.2) is 4.79 Å². The smallest absolute Gasteiger partial charge is 0.338 e. The van der Waals surface area contributed by atoms with Crippen LogP contribution in [-0.2, 0) is 14.3 Å². The number of rotatable bonds is 8. The molecule has 1 heterocycles. The largest absolute Gasteiger partial charge is 0.493 e. The molecule has 0 bridgehead atoms. The van der Waals surface area contributed by atoms with Crippen molar-refractivity contribution < 1.29 is 28.5 Å². The Morgan fingerprint density at radius 1 is 1.07 bits per heavy atom. The molecule has 0 unspecified atom stereocenters. The van der Waals surface area contributed by atoms with Gasteiger partial charge in [0, 0.05) is 18.4 Å². The molecule has 0 saturated heterocycles. The fourth-order valence-corrected chi connectivity index (χ4v) is 3.12. The third-order valence-corrected chi connectivity index (χ3v) is 4.28. The van der Waals surface area contributed by atoms with Crippen LogP contribution in [0.3, 0.4) is 0 Å². The Hall–Kier alpha value is -2.52. The van der Waals surface area contributed by atoms with Gasteiger partial charge in [-0.05, 0) is 31.3 Å². The van der Waals surface area contributed by atoms with Crippen LogP contribution in [0.25, 0.3) is 0 Å². The zero-order valence-electron chi connectivity index (χ0n) is 16.0. The summed E-state index contributed by atoms with van der Waals surface area (Å²) in [5.41, 5.74) is 1.66. The van der Waals surface area contributed by atoms with Gasteiger partial charge in [0.05, 0.1) is 39.6 Å². The molecule has 9 heteroatoms. The Labute approximate surface area is 163 Å². The topological polar surface area (TPSA) is 87.3 Å². The molecular weight excluding hydrogens is 372 g/mol. The van der Waals surface area contributed by atoms with Crippen LogP contribution in [-0.4, -0.2) is 52.7 Å². The highest BCUT2D eigenvalue weighted by Crippen LogP contribution is 2.44. The van der Waals surface area contributed by atoms with Crippen LogP contribution in [0, 0.1) is 0 Å². The average molecular weight is 396 g/mol. The highest BCUT2D eigenvalue weighted by Gasteiger charge is 2.34. The average Bonchev–Trinajstić information content (AvgIpc) is 2.65. The second-order valence-corrected chi connectivity index (χ2v) is 6.03. The van der Waals surface area contributed by atoms with Crippen molar-refractivity contribution in [3.63, 3.8) is 0 Å². The number of ether oxygens (including phenoxy) is 5. The van der Waals surface area contributed by atoms with E-state index in [0.717, 1.165) is 0 Å². The molecule has 0 amide bonds. The van der Waals surface area contributed by atoms with Crippen molar-refractivity contribution in [1.29, 1.82) is 0 Å². The predicted molar refractivity (Wildman–Crippen MR) is 103 cm³/mol. The second kappa shape index (κ2) is 9.43. The third kappa shape index (κ3) is 4.42. The fraction of sp³-hybridized carbons (Fsp3) is 0.444. The van der Waals surface area contributed by atoms with Crippen molar-refractivity contribution in [1.82, 2.24) is 10.6 Å². The molecule has 0 radical (unpaired) electrons. The summed E-state index contributed by atoms with van der Waals surface area (Å²) in [6, 6.07) is 2.96. The number of thiocarbonyl (C=S) groups is 1. The molecule has 0 spiro atoms. The Morgan fingerprint density at radius 3 is 2.37 bits per heavy atom. The van der Waals surface area contributed by atoms with Gasteiger partial charge < -0.3 is 34.3 Å². The summed E-state index contributed by atoms with van der Waals surface area (Å²) in [4.78, 5) is 12.7. The molecule has 0 aliphatic carbocycles. The molecule has 1 aromatic carbocycles. The zero-order valence-corrected chi connectivity index (χ0v) is 16.8. The van der Waals surface area contributed by atoms with Gasteiger partial charge in [-0.3, -0.25) is 0 Å². The zero-order chi connectivity index (χ0) is 20.0. The summed E-state index contributed by atoms with van der Waals surface area (Å²) in [5, 5.41) is 6.45. The SMILES string of the molecule is COCCOC(=O)C1=C(C)NC(=S)N[C@@H]1c1ccc(OC)c(OC)c1OC. The van der Waals surface area contributed by atoms with Gasteiger partial charge >= 0.3 is 5.97 Å². The van der Waals surface area contributed by atoms with Crippen LogP contribution in [0.2, 0.25) is 0 Å². The summed E-state index contributed by atoms with van der Waals surface area (Å²) >= 11 is 5.27. The normalized spacial score (nSPS) is 16.3. The lowest BCUT2D eigenvalue weighted by Crippen LogP contribution is -2.45. The van der Waals surface area contributed by atoms with Gasteiger partial charge in [0.15, 0.2) is 16.6 Å². The molecule has 0 saturated carbocycles. The number of hydrogen-bond donors (Lipinski definition) is 2. The number of esters is 1. The molecule has 27 heavy (non-hydrogen) atoms. The van der Waals surface area contributed by atoms with Crippen LogP contribution in [0.4, 0.5) is 0 Å². The summed E-state index contributed by atoms with van der Waals surface area (Å²) in [6.45, 7) is 2.22. The maximum absolute atomic E-state index is 12.7. The first-order valence-corrected chi connectivity index (χ1v) is 8.62. The molecule has 1 aromatic rings. The molecule has 0 aromatic heterocycles. The number of carbonyl (C=O) groups excluding carboxylic acids is 1. The maximum atomic E-state index is 12.7. The summed E-state index contributed by atoms with van der Waals surface area (Å²) < 4.78 is 26.6. The van der Waals surface area contributed by atoms with E-state index in [4.69, 9.17) is 35.9 Å². The van der Waals surface area contributed by atoms with E-state index < -0.39 is 12.0 Å². The minimum absolute atomic E-state index is 0.145. The highest BCUT2D eigenvalue weighted by molar-refractivity contribution is 7.80. The predicted octanol–water partition coefficient (Wildman–Crippen LogP) is 1.69. The lowest BCUT2D eigenvalue weighted by Gasteiger charge is -2.31. The van der Waals surface area contributed by atoms with Crippen LogP contribution in [0.5, 0.6) is 17.2 Å². The molecule has 2 rings (SSSR count). The van der Waals surface area contributed by atoms with Crippen molar-refractivity contribution in [2.75, 3.05) is 41.7 Å². The second-order valence-electron chi connectivity index (χ2n) is 5.62. The van der Waals surface area contributed by atoms with E-state index in [9.17, 15) is 4.79 Å². The first-order chi connectivity index (χ1) is 13.0. The number of methoxy groups -OCH3 is 4. The number of carbonyl (C=O) groups is 1. The van der Waals surface area contributed by atoms with Crippen molar-refractivity contribution in [2.24, 2.45) is 0 Å². The fourth-order valence-electron chi connectivity index (χ4n) is 2.84. The van der Waals surface area contributed by atoms with Gasteiger partial charge in [0.1, 0.15) is 6.61 Å². The standard InChI is InChI=1S/C18H24N2O6S/c1-10-13(17(21)26-9-8-22-2)14(20-18(27)19-10)11-6-7-12(23-3)16(25-5)15(11)24-4/h6-7,14H,8-9H2,1-5H3,(H2,19,20,27)/t14-/m1/s1.